The van der Waals surface area contributed by atoms with E-state index in [9.17, 15) is 9.59 Å². The summed E-state index contributed by atoms with van der Waals surface area (Å²) in [6.45, 7) is 5.50. The number of ketones is 1. The van der Waals surface area contributed by atoms with Crippen molar-refractivity contribution in [2.24, 2.45) is 0 Å². The fourth-order valence-electron chi connectivity index (χ4n) is 3.08. The molecule has 30 heavy (non-hydrogen) atoms. The number of rotatable bonds is 5. The average molecular weight is 420 g/mol. The van der Waals surface area contributed by atoms with Crippen LogP contribution in [0.3, 0.4) is 0 Å². The molecule has 0 atom stereocenters. The Balaban J connectivity index is 1.73. The van der Waals surface area contributed by atoms with Crippen LogP contribution in [0.5, 0.6) is 0 Å². The molecule has 0 bridgehead atoms. The molecule has 3 aromatic heterocycles. The summed E-state index contributed by atoms with van der Waals surface area (Å²) in [5, 5.41) is 9.05. The van der Waals surface area contributed by atoms with Gasteiger partial charge in [-0.05, 0) is 49.9 Å². The maximum absolute atomic E-state index is 12.8. The number of amides is 1. The summed E-state index contributed by atoms with van der Waals surface area (Å²) < 4.78 is 6.82. The van der Waals surface area contributed by atoms with Crippen LogP contribution in [0.2, 0.25) is 0 Å². The first-order valence-corrected chi connectivity index (χ1v) is 10.3. The SMILES string of the molecule is Cc1ccc(-c2ccnc3c(C(=O)c4cccs4)cnn23)cc1NC(=O)OC(C)C. The fourth-order valence-corrected chi connectivity index (χ4v) is 3.76. The molecule has 0 fully saturated rings. The molecule has 3 heterocycles. The van der Waals surface area contributed by atoms with Crippen molar-refractivity contribution in [1.29, 1.82) is 0 Å². The molecule has 4 rings (SSSR count). The number of hydrogen-bond donors (Lipinski definition) is 1. The molecular weight excluding hydrogens is 400 g/mol. The molecule has 1 N–H and O–H groups in total. The highest BCUT2D eigenvalue weighted by molar-refractivity contribution is 7.12. The third-order valence-electron chi connectivity index (χ3n) is 4.50. The van der Waals surface area contributed by atoms with E-state index in [1.807, 2.05) is 42.6 Å². The number of carbonyl (C=O) groups excluding carboxylic acids is 2. The molecule has 0 unspecified atom stereocenters. The lowest BCUT2D eigenvalue weighted by atomic mass is 10.1. The van der Waals surface area contributed by atoms with Crippen LogP contribution in [0, 0.1) is 6.92 Å². The molecule has 0 spiro atoms. The van der Waals surface area contributed by atoms with Gasteiger partial charge < -0.3 is 4.74 Å². The Labute approximate surface area is 177 Å². The predicted molar refractivity (Wildman–Crippen MR) is 116 cm³/mol. The minimum absolute atomic E-state index is 0.104. The maximum Gasteiger partial charge on any atom is 0.411 e. The van der Waals surface area contributed by atoms with E-state index in [1.165, 1.54) is 11.3 Å². The highest BCUT2D eigenvalue weighted by Gasteiger charge is 2.19. The molecule has 152 valence electrons. The van der Waals surface area contributed by atoms with Crippen LogP contribution in [-0.4, -0.2) is 32.6 Å². The zero-order chi connectivity index (χ0) is 21.3. The first-order valence-electron chi connectivity index (χ1n) is 9.43. The highest BCUT2D eigenvalue weighted by atomic mass is 32.1. The second kappa shape index (κ2) is 8.08. The number of anilines is 1. The summed E-state index contributed by atoms with van der Waals surface area (Å²) in [6.07, 6.45) is 2.48. The first-order chi connectivity index (χ1) is 14.4. The van der Waals surface area contributed by atoms with Crippen LogP contribution < -0.4 is 5.32 Å². The quantitative estimate of drug-likeness (QED) is 0.462. The largest absolute Gasteiger partial charge is 0.447 e. The van der Waals surface area contributed by atoms with E-state index in [4.69, 9.17) is 4.74 Å². The second-order valence-electron chi connectivity index (χ2n) is 7.04. The summed E-state index contributed by atoms with van der Waals surface area (Å²) in [7, 11) is 0. The molecule has 0 aliphatic heterocycles. The Morgan fingerprint density at radius 1 is 1.20 bits per heavy atom. The Bertz CT molecular complexity index is 1230. The Hall–Kier alpha value is -3.52. The third-order valence-corrected chi connectivity index (χ3v) is 5.37. The average Bonchev–Trinajstić information content (AvgIpc) is 3.38. The van der Waals surface area contributed by atoms with Crippen LogP contribution >= 0.6 is 11.3 Å². The Kier molecular flexibility index (Phi) is 5.33. The minimum Gasteiger partial charge on any atom is -0.447 e. The van der Waals surface area contributed by atoms with Crippen LogP contribution in [0.4, 0.5) is 10.5 Å². The summed E-state index contributed by atoms with van der Waals surface area (Å²) in [6, 6.07) is 11.1. The first kappa shape index (κ1) is 19.8. The number of hydrogen-bond acceptors (Lipinski definition) is 6. The Morgan fingerprint density at radius 3 is 2.77 bits per heavy atom. The smallest absolute Gasteiger partial charge is 0.411 e. The zero-order valence-corrected chi connectivity index (χ0v) is 17.6. The Morgan fingerprint density at radius 2 is 2.03 bits per heavy atom. The van der Waals surface area contributed by atoms with Gasteiger partial charge in [0.25, 0.3) is 0 Å². The molecule has 8 heteroatoms. The van der Waals surface area contributed by atoms with E-state index in [0.29, 0.717) is 21.8 Å². The van der Waals surface area contributed by atoms with Crippen LogP contribution in [0.15, 0.2) is 54.2 Å². The van der Waals surface area contributed by atoms with Gasteiger partial charge in [0, 0.05) is 17.4 Å². The van der Waals surface area contributed by atoms with Gasteiger partial charge in [0.1, 0.15) is 0 Å². The van der Waals surface area contributed by atoms with Gasteiger partial charge in [-0.1, -0.05) is 18.2 Å². The normalized spacial score (nSPS) is 11.1. The van der Waals surface area contributed by atoms with Gasteiger partial charge in [0.2, 0.25) is 5.78 Å². The molecule has 0 saturated heterocycles. The topological polar surface area (TPSA) is 85.6 Å². The summed E-state index contributed by atoms with van der Waals surface area (Å²) in [5.41, 5.74) is 4.06. The molecular formula is C22H20N4O3S. The molecule has 0 radical (unpaired) electrons. The maximum atomic E-state index is 12.8. The van der Waals surface area contributed by atoms with E-state index >= 15 is 0 Å². The molecule has 0 aliphatic carbocycles. The van der Waals surface area contributed by atoms with Crippen molar-refractivity contribution >= 4 is 34.5 Å². The van der Waals surface area contributed by atoms with Crippen molar-refractivity contribution in [3.63, 3.8) is 0 Å². The molecule has 1 aromatic carbocycles. The van der Waals surface area contributed by atoms with E-state index in [2.05, 4.69) is 15.4 Å². The molecule has 0 saturated carbocycles. The molecule has 7 nitrogen and oxygen atoms in total. The van der Waals surface area contributed by atoms with Gasteiger partial charge in [0.05, 0.1) is 28.4 Å². The number of thiophene rings is 1. The zero-order valence-electron chi connectivity index (χ0n) is 16.7. The lowest BCUT2D eigenvalue weighted by Gasteiger charge is -2.13. The van der Waals surface area contributed by atoms with Crippen molar-refractivity contribution in [3.05, 3.63) is 70.2 Å². The second-order valence-corrected chi connectivity index (χ2v) is 7.99. The van der Waals surface area contributed by atoms with Crippen molar-refractivity contribution in [2.45, 2.75) is 26.9 Å². The van der Waals surface area contributed by atoms with E-state index < -0.39 is 6.09 Å². The summed E-state index contributed by atoms with van der Waals surface area (Å²) in [5.74, 6) is -0.104. The van der Waals surface area contributed by atoms with Gasteiger partial charge in [-0.2, -0.15) is 5.10 Å². The molecule has 4 aromatic rings. The summed E-state index contributed by atoms with van der Waals surface area (Å²) in [4.78, 5) is 29.8. The van der Waals surface area contributed by atoms with Gasteiger partial charge in [-0.15, -0.1) is 11.3 Å². The third kappa shape index (κ3) is 3.81. The minimum atomic E-state index is -0.506. The standard InChI is InChI=1S/C22H20N4O3S/c1-13(2)29-22(28)25-17-11-15(7-6-14(17)3)18-8-9-23-21-16(12-24-26(18)21)20(27)19-5-4-10-30-19/h4-13H,1-3H3,(H,25,28). The van der Waals surface area contributed by atoms with E-state index in [0.717, 1.165) is 16.8 Å². The number of carbonyl (C=O) groups is 2. The van der Waals surface area contributed by atoms with Crippen molar-refractivity contribution in [3.8, 4) is 11.3 Å². The number of nitrogens with zero attached hydrogens (tertiary/aromatic N) is 3. The number of benzene rings is 1. The number of aromatic nitrogens is 3. The monoisotopic (exact) mass is 420 g/mol. The van der Waals surface area contributed by atoms with E-state index in [-0.39, 0.29) is 11.9 Å². The van der Waals surface area contributed by atoms with E-state index in [1.54, 1.807) is 36.8 Å². The number of fused-ring (bicyclic) bond motifs is 1. The molecule has 0 aliphatic rings. The number of nitrogens with one attached hydrogen (secondary N) is 1. The number of aryl methyl sites for hydroxylation is 1. The lowest BCUT2D eigenvalue weighted by molar-refractivity contribution is 0.104. The molecule has 1 amide bonds. The number of ether oxygens (including phenoxy) is 1. The van der Waals surface area contributed by atoms with Crippen LogP contribution in [0.25, 0.3) is 16.9 Å². The van der Waals surface area contributed by atoms with Gasteiger partial charge in [-0.3, -0.25) is 10.1 Å². The van der Waals surface area contributed by atoms with Crippen molar-refractivity contribution in [2.75, 3.05) is 5.32 Å². The van der Waals surface area contributed by atoms with Crippen molar-refractivity contribution in [1.82, 2.24) is 14.6 Å². The van der Waals surface area contributed by atoms with Gasteiger partial charge in [-0.25, -0.2) is 14.3 Å². The lowest BCUT2D eigenvalue weighted by Crippen LogP contribution is -2.18. The van der Waals surface area contributed by atoms with Gasteiger partial charge in [0.15, 0.2) is 5.65 Å². The highest BCUT2D eigenvalue weighted by Crippen LogP contribution is 2.27. The predicted octanol–water partition coefficient (Wildman–Crippen LogP) is 4.95. The van der Waals surface area contributed by atoms with Crippen molar-refractivity contribution < 1.29 is 14.3 Å². The summed E-state index contributed by atoms with van der Waals surface area (Å²) >= 11 is 1.39. The fraction of sp³-hybridized carbons (Fsp3) is 0.182. The van der Waals surface area contributed by atoms with Crippen LogP contribution in [-0.2, 0) is 4.74 Å². The van der Waals surface area contributed by atoms with Crippen LogP contribution in [0.1, 0.15) is 34.6 Å². The van der Waals surface area contributed by atoms with Gasteiger partial charge >= 0.3 is 6.09 Å².